The van der Waals surface area contributed by atoms with Crippen molar-refractivity contribution in [1.29, 1.82) is 0 Å². The molecule has 0 aromatic heterocycles. The summed E-state index contributed by atoms with van der Waals surface area (Å²) in [6.45, 7) is 3.63. The minimum Gasteiger partial charge on any atom is -0.351 e. The lowest BCUT2D eigenvalue weighted by Gasteiger charge is -2.19. The molecule has 0 saturated carbocycles. The molecule has 0 aliphatic heterocycles. The van der Waals surface area contributed by atoms with Crippen molar-refractivity contribution >= 4 is 11.9 Å². The molecule has 5 nitrogen and oxygen atoms in total. The van der Waals surface area contributed by atoms with Gasteiger partial charge in [-0.2, -0.15) is 0 Å². The summed E-state index contributed by atoms with van der Waals surface area (Å²) in [6.07, 6.45) is 0. The molecular weight excluding hydrogens is 218 g/mol. The number of hydrogen-bond donors (Lipinski definition) is 3. The largest absolute Gasteiger partial charge is 0.351 e. The Morgan fingerprint density at radius 2 is 1.76 bits per heavy atom. The van der Waals surface area contributed by atoms with Crippen molar-refractivity contribution in [3.8, 4) is 0 Å². The quantitative estimate of drug-likeness (QED) is 0.725. The van der Waals surface area contributed by atoms with Gasteiger partial charge in [-0.25, -0.2) is 4.79 Å². The van der Waals surface area contributed by atoms with Crippen LogP contribution >= 0.6 is 0 Å². The van der Waals surface area contributed by atoms with Gasteiger partial charge in [0.05, 0.1) is 6.04 Å². The molecule has 5 heteroatoms. The predicted octanol–water partition coefficient (Wildman–Crippen LogP) is 0.921. The minimum absolute atomic E-state index is 0.0184. The van der Waals surface area contributed by atoms with Crippen LogP contribution in [0.3, 0.4) is 0 Å². The average Bonchev–Trinajstić information content (AvgIpc) is 2.29. The fraction of sp³-hybridized carbons (Fsp3) is 0.333. The van der Waals surface area contributed by atoms with Crippen LogP contribution < -0.4 is 16.4 Å². The first kappa shape index (κ1) is 13.2. The summed E-state index contributed by atoms with van der Waals surface area (Å²) >= 11 is 0. The highest BCUT2D eigenvalue weighted by Crippen LogP contribution is 2.11. The van der Waals surface area contributed by atoms with E-state index in [1.807, 2.05) is 42.6 Å². The number of urea groups is 1. The van der Waals surface area contributed by atoms with Gasteiger partial charge in [0.1, 0.15) is 0 Å². The Labute approximate surface area is 100 Å². The van der Waals surface area contributed by atoms with Gasteiger partial charge in [-0.1, -0.05) is 30.3 Å². The Bertz CT molecular complexity index is 392. The Kier molecular flexibility index (Phi) is 4.66. The molecule has 0 fully saturated rings. The summed E-state index contributed by atoms with van der Waals surface area (Å²) in [5.74, 6) is -0.430. The van der Waals surface area contributed by atoms with Gasteiger partial charge >= 0.3 is 6.03 Å². The second-order valence-corrected chi connectivity index (χ2v) is 3.87. The van der Waals surface area contributed by atoms with Gasteiger partial charge < -0.3 is 5.73 Å². The Hall–Kier alpha value is -1.88. The number of rotatable bonds is 4. The molecule has 1 unspecified atom stereocenters. The monoisotopic (exact) mass is 235 g/mol. The van der Waals surface area contributed by atoms with Crippen molar-refractivity contribution < 1.29 is 9.59 Å². The Balaban J connectivity index is 2.54. The molecule has 3 amide bonds. The first-order chi connectivity index (χ1) is 8.00. The van der Waals surface area contributed by atoms with E-state index in [1.54, 1.807) is 6.92 Å². The van der Waals surface area contributed by atoms with Gasteiger partial charge in [-0.3, -0.25) is 15.4 Å². The van der Waals surface area contributed by atoms with Gasteiger partial charge in [0.2, 0.25) is 5.91 Å². The van der Waals surface area contributed by atoms with E-state index in [4.69, 9.17) is 5.73 Å². The molecule has 92 valence electrons. The van der Waals surface area contributed by atoms with Crippen molar-refractivity contribution in [2.45, 2.75) is 25.9 Å². The highest BCUT2D eigenvalue weighted by Gasteiger charge is 2.16. The zero-order valence-corrected chi connectivity index (χ0v) is 9.94. The molecule has 0 radical (unpaired) electrons. The molecule has 0 spiro atoms. The number of benzene rings is 1. The number of carbonyl (C=O) groups is 2. The van der Waals surface area contributed by atoms with Crippen molar-refractivity contribution in [2.75, 3.05) is 0 Å². The lowest BCUT2D eigenvalue weighted by molar-refractivity contribution is -0.121. The van der Waals surface area contributed by atoms with Crippen LogP contribution in [0.15, 0.2) is 30.3 Å². The van der Waals surface area contributed by atoms with E-state index < -0.39 is 18.0 Å². The van der Waals surface area contributed by atoms with Crippen LogP contribution in [0.2, 0.25) is 0 Å². The zero-order valence-electron chi connectivity index (χ0n) is 9.94. The Morgan fingerprint density at radius 1 is 1.18 bits per heavy atom. The summed E-state index contributed by atoms with van der Waals surface area (Å²) in [7, 11) is 0. The third kappa shape index (κ3) is 4.24. The predicted molar refractivity (Wildman–Crippen MR) is 65.2 cm³/mol. The van der Waals surface area contributed by atoms with E-state index in [9.17, 15) is 9.59 Å². The summed E-state index contributed by atoms with van der Waals surface area (Å²) in [4.78, 5) is 22.0. The van der Waals surface area contributed by atoms with Crippen LogP contribution in [-0.2, 0) is 4.79 Å². The number of amides is 3. The topological polar surface area (TPSA) is 84.2 Å². The van der Waals surface area contributed by atoms with Gasteiger partial charge in [-0.15, -0.1) is 0 Å². The summed E-state index contributed by atoms with van der Waals surface area (Å²) in [5, 5.41) is 5.12. The molecular formula is C12H17N3O2. The number of nitrogens with two attached hydrogens (primary N) is 1. The maximum absolute atomic E-state index is 11.4. The molecule has 17 heavy (non-hydrogen) atoms. The number of primary amides is 1. The molecule has 0 aliphatic carbocycles. The smallest absolute Gasteiger partial charge is 0.318 e. The normalized spacial score (nSPS) is 13.8. The molecule has 1 aromatic rings. The van der Waals surface area contributed by atoms with Crippen molar-refractivity contribution in [2.24, 2.45) is 5.73 Å². The number of carbonyl (C=O) groups excluding carboxylic acids is 2. The van der Waals surface area contributed by atoms with Crippen molar-refractivity contribution in [3.63, 3.8) is 0 Å². The fourth-order valence-corrected chi connectivity index (χ4v) is 1.52. The SMILES string of the molecule is CC(N[C@H](C)c1ccccc1)C(=O)NC(N)=O. The van der Waals surface area contributed by atoms with Crippen LogP contribution in [0.4, 0.5) is 4.79 Å². The Morgan fingerprint density at radius 3 is 2.29 bits per heavy atom. The van der Waals surface area contributed by atoms with E-state index in [0.29, 0.717) is 0 Å². The first-order valence-electron chi connectivity index (χ1n) is 5.42. The molecule has 1 rings (SSSR count). The second kappa shape index (κ2) is 6.00. The number of hydrogen-bond acceptors (Lipinski definition) is 3. The van der Waals surface area contributed by atoms with E-state index >= 15 is 0 Å². The molecule has 0 aliphatic rings. The van der Waals surface area contributed by atoms with E-state index in [0.717, 1.165) is 5.56 Å². The third-order valence-electron chi connectivity index (χ3n) is 2.44. The summed E-state index contributed by atoms with van der Waals surface area (Å²) in [5.41, 5.74) is 5.95. The standard InChI is InChI=1S/C12H17N3O2/c1-8(10-6-4-3-5-7-10)14-9(2)11(16)15-12(13)17/h3-9,14H,1-2H3,(H3,13,15,16,17)/t8-,9?/m1/s1. The van der Waals surface area contributed by atoms with Crippen LogP contribution in [-0.4, -0.2) is 18.0 Å². The van der Waals surface area contributed by atoms with Crippen LogP contribution in [0, 0.1) is 0 Å². The van der Waals surface area contributed by atoms with Gasteiger partial charge in [-0.05, 0) is 19.4 Å². The molecule has 2 atom stereocenters. The average molecular weight is 235 g/mol. The maximum Gasteiger partial charge on any atom is 0.318 e. The lowest BCUT2D eigenvalue weighted by Crippen LogP contribution is -2.47. The molecule has 0 heterocycles. The van der Waals surface area contributed by atoms with Gasteiger partial charge in [0.15, 0.2) is 0 Å². The highest BCUT2D eigenvalue weighted by molar-refractivity contribution is 5.96. The van der Waals surface area contributed by atoms with E-state index in [2.05, 4.69) is 5.32 Å². The second-order valence-electron chi connectivity index (χ2n) is 3.87. The van der Waals surface area contributed by atoms with Gasteiger partial charge in [0.25, 0.3) is 0 Å². The van der Waals surface area contributed by atoms with Gasteiger partial charge in [0, 0.05) is 6.04 Å². The lowest BCUT2D eigenvalue weighted by atomic mass is 10.1. The van der Waals surface area contributed by atoms with Crippen molar-refractivity contribution in [1.82, 2.24) is 10.6 Å². The van der Waals surface area contributed by atoms with Crippen LogP contribution in [0.5, 0.6) is 0 Å². The summed E-state index contributed by atoms with van der Waals surface area (Å²) < 4.78 is 0. The fourth-order valence-electron chi connectivity index (χ4n) is 1.52. The van der Waals surface area contributed by atoms with Crippen LogP contribution in [0.25, 0.3) is 0 Å². The molecule has 0 saturated heterocycles. The maximum atomic E-state index is 11.4. The highest BCUT2D eigenvalue weighted by atomic mass is 16.2. The molecule has 1 aromatic carbocycles. The number of nitrogens with one attached hydrogen (secondary N) is 2. The molecule has 0 bridgehead atoms. The van der Waals surface area contributed by atoms with Crippen molar-refractivity contribution in [3.05, 3.63) is 35.9 Å². The van der Waals surface area contributed by atoms with Crippen LogP contribution in [0.1, 0.15) is 25.5 Å². The molecule has 4 N–H and O–H groups in total. The minimum atomic E-state index is -0.837. The summed E-state index contributed by atoms with van der Waals surface area (Å²) in [6, 6.07) is 8.42. The van der Waals surface area contributed by atoms with E-state index in [1.165, 1.54) is 0 Å². The first-order valence-corrected chi connectivity index (χ1v) is 5.42. The third-order valence-corrected chi connectivity index (χ3v) is 2.44. The number of imide groups is 1. The van der Waals surface area contributed by atoms with E-state index in [-0.39, 0.29) is 6.04 Å². The zero-order chi connectivity index (χ0) is 12.8.